The Kier molecular flexibility index (Phi) is 3.07. The minimum Gasteiger partial charge on any atom is -0.379 e. The van der Waals surface area contributed by atoms with Crippen LogP contribution in [0.1, 0.15) is 17.8 Å². The van der Waals surface area contributed by atoms with Gasteiger partial charge in [-0.05, 0) is 44.6 Å². The van der Waals surface area contributed by atoms with Crippen molar-refractivity contribution in [3.05, 3.63) is 29.6 Å². The van der Waals surface area contributed by atoms with Crippen LogP contribution in [0.4, 0.5) is 0 Å². The van der Waals surface area contributed by atoms with Crippen LogP contribution in [0.25, 0.3) is 11.0 Å². The molecule has 1 N–H and O–H groups in total. The maximum Gasteiger partial charge on any atom is 0.106 e. The van der Waals surface area contributed by atoms with Crippen LogP contribution < -0.4 is 5.32 Å². The van der Waals surface area contributed by atoms with Crippen molar-refractivity contribution in [1.29, 1.82) is 0 Å². The van der Waals surface area contributed by atoms with Gasteiger partial charge in [0, 0.05) is 12.5 Å². The number of benzene rings is 1. The maximum absolute atomic E-state index is 5.48. The molecule has 1 aliphatic heterocycles. The summed E-state index contributed by atoms with van der Waals surface area (Å²) in [6.45, 7) is 4.71. The van der Waals surface area contributed by atoms with Crippen LogP contribution in [-0.2, 0) is 17.2 Å². The summed E-state index contributed by atoms with van der Waals surface area (Å²) >= 11 is 0. The predicted molar refractivity (Wildman–Crippen MR) is 76.5 cm³/mol. The molecule has 0 saturated carbocycles. The highest BCUT2D eigenvalue weighted by Gasteiger charge is 2.39. The summed E-state index contributed by atoms with van der Waals surface area (Å²) in [5, 5.41) is 3.24. The molecule has 1 aromatic heterocycles. The molecule has 19 heavy (non-hydrogen) atoms. The summed E-state index contributed by atoms with van der Waals surface area (Å²) < 4.78 is 7.61. The lowest BCUT2D eigenvalue weighted by Gasteiger charge is -2.42. The number of fused-ring (bicyclic) bond motifs is 1. The van der Waals surface area contributed by atoms with Gasteiger partial charge in [0.15, 0.2) is 0 Å². The largest absolute Gasteiger partial charge is 0.379 e. The molecule has 1 aromatic carbocycles. The molecular weight excluding hydrogens is 238 g/mol. The third kappa shape index (κ3) is 1.95. The molecule has 1 saturated heterocycles. The van der Waals surface area contributed by atoms with Crippen LogP contribution in [-0.4, -0.2) is 36.4 Å². The molecule has 2 aromatic rings. The first-order valence-electron chi connectivity index (χ1n) is 6.82. The zero-order valence-corrected chi connectivity index (χ0v) is 11.9. The van der Waals surface area contributed by atoms with Crippen molar-refractivity contribution >= 4 is 11.0 Å². The van der Waals surface area contributed by atoms with E-state index in [0.29, 0.717) is 0 Å². The second-order valence-electron chi connectivity index (χ2n) is 5.55. The number of imidazole rings is 1. The number of aromatic nitrogens is 2. The Hall–Kier alpha value is -1.39. The maximum atomic E-state index is 5.48. The molecule has 2 heterocycles. The molecule has 1 aliphatic rings. The van der Waals surface area contributed by atoms with Crippen LogP contribution >= 0.6 is 0 Å². The lowest BCUT2D eigenvalue weighted by molar-refractivity contribution is -0.0637. The Morgan fingerprint density at radius 2 is 2.21 bits per heavy atom. The Labute approximate surface area is 113 Å². The molecule has 4 nitrogen and oxygen atoms in total. The van der Waals surface area contributed by atoms with Gasteiger partial charge < -0.3 is 14.6 Å². The van der Waals surface area contributed by atoms with E-state index in [4.69, 9.17) is 4.74 Å². The number of hydrogen-bond acceptors (Lipinski definition) is 3. The molecular formula is C15H21N3O. The molecule has 1 fully saturated rings. The van der Waals surface area contributed by atoms with Crippen LogP contribution in [0.2, 0.25) is 0 Å². The number of nitrogens with zero attached hydrogens (tertiary/aromatic N) is 2. The van der Waals surface area contributed by atoms with E-state index >= 15 is 0 Å². The minimum atomic E-state index is 0.183. The Balaban J connectivity index is 2.00. The average molecular weight is 259 g/mol. The minimum absolute atomic E-state index is 0.183. The Morgan fingerprint density at radius 1 is 1.42 bits per heavy atom. The van der Waals surface area contributed by atoms with Crippen molar-refractivity contribution in [2.45, 2.75) is 18.8 Å². The fourth-order valence-corrected chi connectivity index (χ4v) is 2.82. The van der Waals surface area contributed by atoms with Crippen LogP contribution in [0.15, 0.2) is 18.2 Å². The molecule has 0 radical (unpaired) electrons. The highest BCUT2D eigenvalue weighted by molar-refractivity contribution is 5.77. The van der Waals surface area contributed by atoms with Gasteiger partial charge in [0.05, 0.1) is 24.2 Å². The van der Waals surface area contributed by atoms with Crippen molar-refractivity contribution in [3.8, 4) is 0 Å². The second kappa shape index (κ2) is 4.62. The summed E-state index contributed by atoms with van der Waals surface area (Å²) in [6.07, 6.45) is 1.11. The van der Waals surface area contributed by atoms with Gasteiger partial charge >= 0.3 is 0 Å². The van der Waals surface area contributed by atoms with Gasteiger partial charge in [-0.3, -0.25) is 0 Å². The monoisotopic (exact) mass is 259 g/mol. The van der Waals surface area contributed by atoms with E-state index in [2.05, 4.69) is 40.1 Å². The van der Waals surface area contributed by atoms with E-state index in [-0.39, 0.29) is 5.41 Å². The highest BCUT2D eigenvalue weighted by atomic mass is 16.5. The summed E-state index contributed by atoms with van der Waals surface area (Å²) in [5.74, 6) is 1.06. The molecule has 4 heteroatoms. The highest BCUT2D eigenvalue weighted by Crippen LogP contribution is 2.36. The van der Waals surface area contributed by atoms with E-state index in [9.17, 15) is 0 Å². The van der Waals surface area contributed by atoms with Crippen molar-refractivity contribution < 1.29 is 4.74 Å². The average Bonchev–Trinajstić information content (AvgIpc) is 2.64. The van der Waals surface area contributed by atoms with E-state index < -0.39 is 0 Å². The number of ether oxygens (including phenoxy) is 1. The first-order chi connectivity index (χ1) is 9.16. The van der Waals surface area contributed by atoms with E-state index in [1.165, 1.54) is 11.1 Å². The summed E-state index contributed by atoms with van der Waals surface area (Å²) in [5.41, 5.74) is 3.83. The molecule has 0 unspecified atom stereocenters. The number of rotatable bonds is 4. The smallest absolute Gasteiger partial charge is 0.106 e. The summed E-state index contributed by atoms with van der Waals surface area (Å²) in [6, 6.07) is 6.66. The lowest BCUT2D eigenvalue weighted by atomic mass is 9.76. The Morgan fingerprint density at radius 3 is 2.84 bits per heavy atom. The molecule has 0 bridgehead atoms. The van der Waals surface area contributed by atoms with Gasteiger partial charge in [0.1, 0.15) is 5.82 Å². The third-order valence-corrected chi connectivity index (χ3v) is 4.33. The van der Waals surface area contributed by atoms with Crippen molar-refractivity contribution in [3.63, 3.8) is 0 Å². The first-order valence-corrected chi connectivity index (χ1v) is 6.82. The van der Waals surface area contributed by atoms with E-state index in [1.54, 1.807) is 0 Å². The third-order valence-electron chi connectivity index (χ3n) is 4.33. The molecule has 102 valence electrons. The number of aryl methyl sites for hydroxylation is 2. The fraction of sp³-hybridized carbons (Fsp3) is 0.533. The first kappa shape index (κ1) is 12.6. The fourth-order valence-electron chi connectivity index (χ4n) is 2.82. The van der Waals surface area contributed by atoms with Gasteiger partial charge in [-0.25, -0.2) is 4.98 Å². The van der Waals surface area contributed by atoms with Gasteiger partial charge in [-0.1, -0.05) is 6.07 Å². The molecule has 0 atom stereocenters. The van der Waals surface area contributed by atoms with Gasteiger partial charge in [0.2, 0.25) is 0 Å². The number of nitrogens with one attached hydrogen (secondary N) is 1. The van der Waals surface area contributed by atoms with E-state index in [0.717, 1.165) is 37.5 Å². The quantitative estimate of drug-likeness (QED) is 0.909. The SMILES string of the molecule is CNCCC1(c2ccc3c(c2)nc(C)n3C)COC1. The van der Waals surface area contributed by atoms with Crippen molar-refractivity contribution in [2.24, 2.45) is 7.05 Å². The number of hydrogen-bond donors (Lipinski definition) is 1. The summed E-state index contributed by atoms with van der Waals surface area (Å²) in [7, 11) is 4.06. The van der Waals surface area contributed by atoms with Crippen LogP contribution in [0.5, 0.6) is 0 Å². The zero-order valence-electron chi connectivity index (χ0n) is 11.9. The summed E-state index contributed by atoms with van der Waals surface area (Å²) in [4.78, 5) is 4.63. The van der Waals surface area contributed by atoms with E-state index in [1.807, 2.05) is 14.0 Å². The lowest BCUT2D eigenvalue weighted by Crippen LogP contribution is -2.48. The van der Waals surface area contributed by atoms with Gasteiger partial charge in [-0.15, -0.1) is 0 Å². The predicted octanol–water partition coefficient (Wildman–Crippen LogP) is 1.76. The normalized spacial score (nSPS) is 17.6. The standard InChI is InChI=1S/C15H21N3O/c1-11-17-13-8-12(4-5-14(13)18(11)3)15(6-7-16-2)9-19-10-15/h4-5,8,16H,6-7,9-10H2,1-3H3. The van der Waals surface area contributed by atoms with Crippen LogP contribution in [0, 0.1) is 6.92 Å². The molecule has 0 amide bonds. The molecule has 0 spiro atoms. The van der Waals surface area contributed by atoms with Crippen molar-refractivity contribution in [2.75, 3.05) is 26.8 Å². The van der Waals surface area contributed by atoms with Crippen molar-refractivity contribution in [1.82, 2.24) is 14.9 Å². The molecule has 3 rings (SSSR count). The van der Waals surface area contributed by atoms with Gasteiger partial charge in [0.25, 0.3) is 0 Å². The topological polar surface area (TPSA) is 39.1 Å². The zero-order chi connectivity index (χ0) is 13.5. The van der Waals surface area contributed by atoms with Gasteiger partial charge in [-0.2, -0.15) is 0 Å². The second-order valence-corrected chi connectivity index (χ2v) is 5.55. The Bertz CT molecular complexity index is 599. The molecule has 0 aliphatic carbocycles. The van der Waals surface area contributed by atoms with Crippen LogP contribution in [0.3, 0.4) is 0 Å².